The summed E-state index contributed by atoms with van der Waals surface area (Å²) in [5.74, 6) is -0.316. The molecular weight excluding hydrogens is 179 g/mol. The lowest BCUT2D eigenvalue weighted by Crippen LogP contribution is -2.24. The lowest BCUT2D eigenvalue weighted by Gasteiger charge is -2.04. The average Bonchev–Trinajstić information content (AvgIpc) is 2.09. The van der Waals surface area contributed by atoms with Crippen LogP contribution in [-0.4, -0.2) is 10.3 Å². The Hall–Kier alpha value is -1.20. The minimum atomic E-state index is -0.316. The van der Waals surface area contributed by atoms with Crippen molar-refractivity contribution in [2.24, 2.45) is 0 Å². The topological polar surface area (TPSA) is 44.3 Å². The van der Waals surface area contributed by atoms with Gasteiger partial charge in [-0.2, -0.15) is 0 Å². The normalized spacial score (nSPS) is 9.17. The highest BCUT2D eigenvalue weighted by atomic mass is 32.1. The molecule has 0 heterocycles. The second kappa shape index (κ2) is 3.99. The van der Waals surface area contributed by atoms with E-state index in [9.17, 15) is 4.39 Å². The predicted octanol–water partition coefficient (Wildman–Crippen LogP) is 1.50. The van der Waals surface area contributed by atoms with E-state index >= 15 is 0 Å². The quantitative estimate of drug-likeness (QED) is 0.459. The van der Waals surface area contributed by atoms with E-state index in [1.165, 1.54) is 24.3 Å². The summed E-state index contributed by atoms with van der Waals surface area (Å²) in [5.41, 5.74) is 2.37. The lowest BCUT2D eigenvalue weighted by atomic mass is 10.3. The van der Waals surface area contributed by atoms with Crippen LogP contribution >= 0.6 is 12.2 Å². The van der Waals surface area contributed by atoms with Gasteiger partial charge in [0, 0.05) is 5.69 Å². The van der Waals surface area contributed by atoms with Crippen molar-refractivity contribution < 1.29 is 9.60 Å². The molecule has 3 nitrogen and oxygen atoms in total. The molecule has 0 radical (unpaired) electrons. The van der Waals surface area contributed by atoms with E-state index in [1.807, 2.05) is 0 Å². The Balaban J connectivity index is 2.64. The Morgan fingerprint density at radius 2 is 1.92 bits per heavy atom. The minimum absolute atomic E-state index is 0.0709. The number of thiocarbonyl (C=S) groups is 1. The summed E-state index contributed by atoms with van der Waals surface area (Å²) in [6.45, 7) is 0. The summed E-state index contributed by atoms with van der Waals surface area (Å²) in [6.07, 6.45) is 0. The van der Waals surface area contributed by atoms with Crippen molar-refractivity contribution in [2.75, 3.05) is 5.32 Å². The van der Waals surface area contributed by atoms with Crippen molar-refractivity contribution in [2.45, 2.75) is 0 Å². The van der Waals surface area contributed by atoms with Gasteiger partial charge in [-0.25, -0.2) is 9.87 Å². The van der Waals surface area contributed by atoms with Crippen LogP contribution in [0.2, 0.25) is 0 Å². The fourth-order valence-electron chi connectivity index (χ4n) is 0.692. The highest BCUT2D eigenvalue weighted by molar-refractivity contribution is 7.80. The number of hydrogen-bond acceptors (Lipinski definition) is 2. The fraction of sp³-hybridized carbons (Fsp3) is 0. The number of halogens is 1. The van der Waals surface area contributed by atoms with Gasteiger partial charge in [-0.1, -0.05) is 0 Å². The molecule has 0 aliphatic carbocycles. The number of hydroxylamine groups is 1. The molecule has 0 amide bonds. The first kappa shape index (κ1) is 8.89. The number of benzene rings is 1. The van der Waals surface area contributed by atoms with Crippen LogP contribution in [0.5, 0.6) is 0 Å². The molecule has 0 spiro atoms. The molecular formula is C7H7FN2OS. The van der Waals surface area contributed by atoms with Crippen LogP contribution < -0.4 is 10.8 Å². The maximum absolute atomic E-state index is 12.4. The Bertz CT molecular complexity index is 275. The molecule has 0 saturated heterocycles. The molecule has 0 bridgehead atoms. The Morgan fingerprint density at radius 3 is 2.42 bits per heavy atom. The van der Waals surface area contributed by atoms with Crippen LogP contribution in [0.3, 0.4) is 0 Å². The van der Waals surface area contributed by atoms with Gasteiger partial charge in [0.25, 0.3) is 0 Å². The van der Waals surface area contributed by atoms with Gasteiger partial charge in [0.05, 0.1) is 0 Å². The van der Waals surface area contributed by atoms with E-state index < -0.39 is 0 Å². The predicted molar refractivity (Wildman–Crippen MR) is 47.5 cm³/mol. The molecule has 0 atom stereocenters. The first-order valence-corrected chi connectivity index (χ1v) is 3.60. The first-order chi connectivity index (χ1) is 5.72. The number of hydrogen-bond donors (Lipinski definition) is 3. The summed E-state index contributed by atoms with van der Waals surface area (Å²) >= 11 is 4.60. The highest BCUT2D eigenvalue weighted by Crippen LogP contribution is 2.07. The summed E-state index contributed by atoms with van der Waals surface area (Å²) in [7, 11) is 0. The van der Waals surface area contributed by atoms with Gasteiger partial charge in [-0.15, -0.1) is 0 Å². The molecule has 3 N–H and O–H groups in total. The molecule has 1 rings (SSSR count). The van der Waals surface area contributed by atoms with E-state index in [4.69, 9.17) is 5.21 Å². The van der Waals surface area contributed by atoms with E-state index in [0.29, 0.717) is 5.69 Å². The van der Waals surface area contributed by atoms with Crippen molar-refractivity contribution in [3.63, 3.8) is 0 Å². The highest BCUT2D eigenvalue weighted by Gasteiger charge is 1.94. The Morgan fingerprint density at radius 1 is 1.33 bits per heavy atom. The lowest BCUT2D eigenvalue weighted by molar-refractivity contribution is 0.237. The molecule has 5 heteroatoms. The molecule has 0 aliphatic rings. The molecule has 0 fully saturated rings. The largest absolute Gasteiger partial charge is 0.331 e. The van der Waals surface area contributed by atoms with E-state index in [0.717, 1.165) is 0 Å². The van der Waals surface area contributed by atoms with Crippen molar-refractivity contribution in [3.05, 3.63) is 30.1 Å². The standard InChI is InChI=1S/C7H7FN2OS/c8-5-1-3-6(4-2-5)9-7(12)10-11/h1-4,11H,(H2,9,10,12). The van der Waals surface area contributed by atoms with Crippen molar-refractivity contribution >= 4 is 23.0 Å². The van der Waals surface area contributed by atoms with Gasteiger partial charge in [0.1, 0.15) is 5.82 Å². The van der Waals surface area contributed by atoms with Gasteiger partial charge in [0.2, 0.25) is 0 Å². The molecule has 0 saturated carbocycles. The number of nitrogens with one attached hydrogen (secondary N) is 2. The van der Waals surface area contributed by atoms with E-state index in [1.54, 1.807) is 5.48 Å². The van der Waals surface area contributed by atoms with E-state index in [2.05, 4.69) is 17.5 Å². The monoisotopic (exact) mass is 186 g/mol. The van der Waals surface area contributed by atoms with Crippen molar-refractivity contribution in [1.82, 2.24) is 5.48 Å². The third-order valence-electron chi connectivity index (χ3n) is 1.20. The maximum atomic E-state index is 12.4. The molecule has 64 valence electrons. The summed E-state index contributed by atoms with van der Waals surface area (Å²) in [5, 5.41) is 11.0. The van der Waals surface area contributed by atoms with Crippen LogP contribution in [0.25, 0.3) is 0 Å². The molecule has 12 heavy (non-hydrogen) atoms. The zero-order valence-electron chi connectivity index (χ0n) is 6.04. The van der Waals surface area contributed by atoms with Gasteiger partial charge in [-0.05, 0) is 36.5 Å². The SMILES string of the molecule is ONC(=S)Nc1ccc(F)cc1. The fourth-order valence-corrected chi connectivity index (χ4v) is 0.810. The van der Waals surface area contributed by atoms with Gasteiger partial charge in [-0.3, -0.25) is 5.21 Å². The summed E-state index contributed by atoms with van der Waals surface area (Å²) in [4.78, 5) is 0. The summed E-state index contributed by atoms with van der Waals surface area (Å²) < 4.78 is 12.4. The van der Waals surface area contributed by atoms with Gasteiger partial charge in [0.15, 0.2) is 5.11 Å². The Kier molecular flexibility index (Phi) is 2.95. The van der Waals surface area contributed by atoms with Gasteiger partial charge < -0.3 is 5.32 Å². The smallest absolute Gasteiger partial charge is 0.194 e. The van der Waals surface area contributed by atoms with Crippen molar-refractivity contribution in [1.29, 1.82) is 0 Å². The first-order valence-electron chi connectivity index (χ1n) is 3.19. The second-order valence-corrected chi connectivity index (χ2v) is 2.48. The maximum Gasteiger partial charge on any atom is 0.194 e. The third-order valence-corrected chi connectivity index (χ3v) is 1.40. The van der Waals surface area contributed by atoms with Crippen LogP contribution in [0, 0.1) is 5.82 Å². The van der Waals surface area contributed by atoms with Crippen LogP contribution in [0.15, 0.2) is 24.3 Å². The van der Waals surface area contributed by atoms with Crippen molar-refractivity contribution in [3.8, 4) is 0 Å². The molecule has 1 aromatic rings. The second-order valence-electron chi connectivity index (χ2n) is 2.07. The molecule has 0 aliphatic heterocycles. The number of anilines is 1. The van der Waals surface area contributed by atoms with Crippen LogP contribution in [0.1, 0.15) is 0 Å². The third kappa shape index (κ3) is 2.44. The average molecular weight is 186 g/mol. The van der Waals surface area contributed by atoms with E-state index in [-0.39, 0.29) is 10.9 Å². The summed E-state index contributed by atoms with van der Waals surface area (Å²) in [6, 6.07) is 5.61. The Labute approximate surface area is 74.2 Å². The minimum Gasteiger partial charge on any atom is -0.331 e. The van der Waals surface area contributed by atoms with Gasteiger partial charge >= 0.3 is 0 Å². The zero-order chi connectivity index (χ0) is 8.97. The molecule has 0 unspecified atom stereocenters. The van der Waals surface area contributed by atoms with Crippen LogP contribution in [0.4, 0.5) is 10.1 Å². The van der Waals surface area contributed by atoms with Crippen LogP contribution in [-0.2, 0) is 0 Å². The molecule has 1 aromatic carbocycles. The zero-order valence-corrected chi connectivity index (χ0v) is 6.86. The molecule has 0 aromatic heterocycles. The number of rotatable bonds is 1.